The molecule has 0 bridgehead atoms. The van der Waals surface area contributed by atoms with E-state index in [4.69, 9.17) is 10.2 Å². The van der Waals surface area contributed by atoms with Gasteiger partial charge < -0.3 is 20.4 Å². The maximum absolute atomic E-state index is 12.6. The molecule has 3 N–H and O–H groups in total. The Kier molecular flexibility index (Phi) is 9.29. The summed E-state index contributed by atoms with van der Waals surface area (Å²) in [6.07, 6.45) is 1.53. The highest BCUT2D eigenvalue weighted by molar-refractivity contribution is 5.79. The van der Waals surface area contributed by atoms with Crippen molar-refractivity contribution in [1.29, 1.82) is 0 Å². The smallest absolute Gasteiger partial charge is 0.407 e. The Labute approximate surface area is 170 Å². The molecule has 9 heteroatoms. The summed E-state index contributed by atoms with van der Waals surface area (Å²) < 4.78 is 25.3. The van der Waals surface area contributed by atoms with Crippen molar-refractivity contribution in [2.75, 3.05) is 13.1 Å². The van der Waals surface area contributed by atoms with Gasteiger partial charge in [0.2, 0.25) is 5.92 Å². The minimum atomic E-state index is -2.53. The topological polar surface area (TPSA) is 107 Å². The Morgan fingerprint density at radius 3 is 2.00 bits per heavy atom. The number of carbonyl (C=O) groups excluding carboxylic acids is 1. The Bertz CT molecular complexity index is 558. The van der Waals surface area contributed by atoms with Crippen LogP contribution in [0.2, 0.25) is 0 Å². The van der Waals surface area contributed by atoms with Gasteiger partial charge in [-0.05, 0) is 58.3 Å². The molecule has 0 aromatic carbocycles. The largest absolute Gasteiger partial charge is 0.465 e. The Morgan fingerprint density at radius 2 is 1.59 bits per heavy atom. The van der Waals surface area contributed by atoms with Gasteiger partial charge in [0, 0.05) is 44.3 Å². The number of Topliss-reactive ketones (excluding diaryl/α,β-unsaturated/α-hetero) is 1. The van der Waals surface area contributed by atoms with Crippen molar-refractivity contribution < 1.29 is 33.4 Å². The average molecular weight is 420 g/mol. The lowest BCUT2D eigenvalue weighted by Gasteiger charge is -2.36. The second-order valence-electron chi connectivity index (χ2n) is 9.03. The van der Waals surface area contributed by atoms with Gasteiger partial charge in [-0.1, -0.05) is 0 Å². The summed E-state index contributed by atoms with van der Waals surface area (Å²) in [5, 5.41) is 19.7. The predicted octanol–water partition coefficient (Wildman–Crippen LogP) is 4.60. The van der Waals surface area contributed by atoms with Gasteiger partial charge in [0.05, 0.1) is 0 Å². The SMILES string of the molecule is CC(C)(C)N(CC1CCC(=O)CC1)C(=O)O.O=C(O)NCC1CCC(F)(F)CC1. The van der Waals surface area contributed by atoms with Gasteiger partial charge in [0.25, 0.3) is 0 Å². The van der Waals surface area contributed by atoms with Crippen molar-refractivity contribution in [2.45, 2.75) is 83.6 Å². The van der Waals surface area contributed by atoms with Crippen LogP contribution in [0.25, 0.3) is 0 Å². The highest BCUT2D eigenvalue weighted by Gasteiger charge is 2.34. The third-order valence-corrected chi connectivity index (χ3v) is 5.52. The van der Waals surface area contributed by atoms with E-state index < -0.39 is 18.1 Å². The van der Waals surface area contributed by atoms with Gasteiger partial charge in [-0.25, -0.2) is 18.4 Å². The van der Waals surface area contributed by atoms with E-state index in [9.17, 15) is 23.2 Å². The monoisotopic (exact) mass is 420 g/mol. The highest BCUT2D eigenvalue weighted by atomic mass is 19.3. The number of alkyl halides is 2. The minimum Gasteiger partial charge on any atom is -0.465 e. The molecule has 29 heavy (non-hydrogen) atoms. The fourth-order valence-corrected chi connectivity index (χ4v) is 3.61. The molecule has 0 radical (unpaired) electrons. The maximum atomic E-state index is 12.6. The van der Waals surface area contributed by atoms with Crippen LogP contribution in [0.4, 0.5) is 18.4 Å². The summed E-state index contributed by atoms with van der Waals surface area (Å²) in [6.45, 7) is 6.54. The van der Waals surface area contributed by atoms with Crippen LogP contribution in [0, 0.1) is 11.8 Å². The predicted molar refractivity (Wildman–Crippen MR) is 104 cm³/mol. The molecule has 0 spiro atoms. The Hall–Kier alpha value is -1.93. The summed E-state index contributed by atoms with van der Waals surface area (Å²) in [5.41, 5.74) is -0.368. The van der Waals surface area contributed by atoms with E-state index in [1.54, 1.807) is 0 Å². The quantitative estimate of drug-likeness (QED) is 0.616. The molecular weight excluding hydrogens is 386 g/mol. The van der Waals surface area contributed by atoms with Gasteiger partial charge in [0.1, 0.15) is 5.78 Å². The van der Waals surface area contributed by atoms with Crippen molar-refractivity contribution in [3.8, 4) is 0 Å². The third kappa shape index (κ3) is 9.89. The molecule has 0 aromatic heterocycles. The molecule has 2 fully saturated rings. The number of ketones is 1. The molecule has 168 valence electrons. The number of carbonyl (C=O) groups is 3. The van der Waals surface area contributed by atoms with E-state index in [1.807, 2.05) is 20.8 Å². The van der Waals surface area contributed by atoms with Gasteiger partial charge in [-0.3, -0.25) is 4.79 Å². The number of amides is 2. The van der Waals surface area contributed by atoms with E-state index in [-0.39, 0.29) is 24.3 Å². The van der Waals surface area contributed by atoms with Crippen LogP contribution in [0.5, 0.6) is 0 Å². The van der Waals surface area contributed by atoms with Gasteiger partial charge in [0.15, 0.2) is 0 Å². The number of halogens is 2. The number of hydrogen-bond acceptors (Lipinski definition) is 3. The number of rotatable bonds is 4. The van der Waals surface area contributed by atoms with Crippen LogP contribution in [0.1, 0.15) is 72.1 Å². The summed E-state index contributed by atoms with van der Waals surface area (Å²) in [7, 11) is 0. The first-order chi connectivity index (χ1) is 13.3. The van der Waals surface area contributed by atoms with Crippen molar-refractivity contribution in [2.24, 2.45) is 11.8 Å². The second kappa shape index (κ2) is 10.7. The van der Waals surface area contributed by atoms with E-state index in [0.717, 1.165) is 12.8 Å². The molecule has 0 saturated heterocycles. The summed E-state index contributed by atoms with van der Waals surface area (Å²) in [6, 6.07) is 0. The Morgan fingerprint density at radius 1 is 1.07 bits per heavy atom. The number of nitrogens with one attached hydrogen (secondary N) is 1. The first kappa shape index (κ1) is 25.1. The third-order valence-electron chi connectivity index (χ3n) is 5.52. The fraction of sp³-hybridized carbons (Fsp3) is 0.850. The van der Waals surface area contributed by atoms with Gasteiger partial charge in [-0.15, -0.1) is 0 Å². The van der Waals surface area contributed by atoms with Crippen molar-refractivity contribution >= 4 is 18.0 Å². The average Bonchev–Trinajstić information content (AvgIpc) is 2.59. The van der Waals surface area contributed by atoms with Crippen molar-refractivity contribution in [3.63, 3.8) is 0 Å². The molecule has 2 rings (SSSR count). The van der Waals surface area contributed by atoms with Gasteiger partial charge in [-0.2, -0.15) is 0 Å². The van der Waals surface area contributed by atoms with Crippen LogP contribution >= 0.6 is 0 Å². The van der Waals surface area contributed by atoms with Crippen LogP contribution in [0.3, 0.4) is 0 Å². The van der Waals surface area contributed by atoms with E-state index in [2.05, 4.69) is 5.32 Å². The fourth-order valence-electron chi connectivity index (χ4n) is 3.61. The first-order valence-electron chi connectivity index (χ1n) is 10.2. The maximum Gasteiger partial charge on any atom is 0.407 e. The normalized spacial score (nSPS) is 20.4. The van der Waals surface area contributed by atoms with Crippen LogP contribution in [-0.4, -0.2) is 57.6 Å². The number of hydrogen-bond donors (Lipinski definition) is 3. The molecule has 2 saturated carbocycles. The molecule has 0 unspecified atom stereocenters. The molecule has 0 aromatic rings. The Balaban J connectivity index is 0.000000296. The second-order valence-corrected chi connectivity index (χ2v) is 9.03. The van der Waals surface area contributed by atoms with E-state index in [0.29, 0.717) is 50.5 Å². The lowest BCUT2D eigenvalue weighted by atomic mass is 9.87. The van der Waals surface area contributed by atoms with Gasteiger partial charge >= 0.3 is 12.2 Å². The number of carboxylic acid groups (broad SMARTS) is 2. The first-order valence-corrected chi connectivity index (χ1v) is 10.2. The van der Waals surface area contributed by atoms with E-state index >= 15 is 0 Å². The number of nitrogens with zero attached hydrogens (tertiary/aromatic N) is 1. The van der Waals surface area contributed by atoms with Crippen LogP contribution in [0.15, 0.2) is 0 Å². The lowest BCUT2D eigenvalue weighted by molar-refractivity contribution is -0.121. The summed E-state index contributed by atoms with van der Waals surface area (Å²) in [4.78, 5) is 33.8. The van der Waals surface area contributed by atoms with E-state index in [1.165, 1.54) is 4.90 Å². The molecule has 2 aliphatic rings. The lowest BCUT2D eigenvalue weighted by Crippen LogP contribution is -2.47. The van der Waals surface area contributed by atoms with Crippen LogP contribution in [-0.2, 0) is 4.79 Å². The van der Waals surface area contributed by atoms with Crippen molar-refractivity contribution in [1.82, 2.24) is 10.2 Å². The van der Waals surface area contributed by atoms with Crippen LogP contribution < -0.4 is 5.32 Å². The molecule has 0 atom stereocenters. The van der Waals surface area contributed by atoms with Crippen molar-refractivity contribution in [3.05, 3.63) is 0 Å². The zero-order valence-electron chi connectivity index (χ0n) is 17.5. The minimum absolute atomic E-state index is 0.0794. The molecule has 0 heterocycles. The molecular formula is C20H34F2N2O5. The molecule has 2 aliphatic carbocycles. The summed E-state index contributed by atoms with van der Waals surface area (Å²) >= 11 is 0. The highest BCUT2D eigenvalue weighted by Crippen LogP contribution is 2.35. The summed E-state index contributed by atoms with van der Waals surface area (Å²) in [5.74, 6) is -1.79. The molecule has 0 aliphatic heterocycles. The molecule has 2 amide bonds. The molecule has 7 nitrogen and oxygen atoms in total. The zero-order valence-corrected chi connectivity index (χ0v) is 17.5. The zero-order chi connectivity index (χ0) is 22.2. The standard InChI is InChI=1S/C12H21NO3.C8H13F2NO2/c1-12(2,3)13(11(15)16)8-9-4-6-10(14)7-5-9;9-8(10)3-1-6(2-4-8)5-11-7(12)13/h9H,4-8H2,1-3H3,(H,15,16);6,11H,1-5H2,(H,12,13).